The highest BCUT2D eigenvalue weighted by atomic mass is 35.5. The molecule has 1 aromatic carbocycles. The van der Waals surface area contributed by atoms with Crippen molar-refractivity contribution in [2.75, 3.05) is 0 Å². The van der Waals surface area contributed by atoms with Crippen molar-refractivity contribution in [3.63, 3.8) is 0 Å². The molecule has 1 aromatic heterocycles. The van der Waals surface area contributed by atoms with E-state index in [4.69, 9.17) is 11.6 Å². The Bertz CT molecular complexity index is 615. The molecule has 0 amide bonds. The average molecular weight is 263 g/mol. The van der Waals surface area contributed by atoms with E-state index < -0.39 is 5.54 Å². The van der Waals surface area contributed by atoms with Crippen LogP contribution in [0, 0.1) is 5.21 Å². The summed E-state index contributed by atoms with van der Waals surface area (Å²) in [6.07, 6.45) is 1.49. The number of nitrogens with zero attached hydrogens (tertiary/aromatic N) is 2. The van der Waals surface area contributed by atoms with E-state index >= 15 is 0 Å². The minimum Gasteiger partial charge on any atom is -0.623 e. The van der Waals surface area contributed by atoms with Gasteiger partial charge in [-0.2, -0.15) is 0 Å². The van der Waals surface area contributed by atoms with Crippen LogP contribution in [0.5, 0.6) is 0 Å². The van der Waals surface area contributed by atoms with Gasteiger partial charge in [0.2, 0.25) is 0 Å². The maximum Gasteiger partial charge on any atom is 0.185 e. The first-order valence-corrected chi connectivity index (χ1v) is 6.12. The van der Waals surface area contributed by atoms with Gasteiger partial charge in [-0.15, -0.1) is 0 Å². The Morgan fingerprint density at radius 2 is 1.94 bits per heavy atom. The zero-order valence-electron chi connectivity index (χ0n) is 10.6. The second-order valence-corrected chi connectivity index (χ2v) is 5.54. The Morgan fingerprint density at radius 3 is 2.61 bits per heavy atom. The third-order valence-electron chi connectivity index (χ3n) is 2.62. The number of hydrogen-bond donors (Lipinski definition) is 0. The minimum absolute atomic E-state index is 0.346. The van der Waals surface area contributed by atoms with Crippen molar-refractivity contribution in [1.29, 1.82) is 0 Å². The molecule has 0 aliphatic rings. The quantitative estimate of drug-likeness (QED) is 0.259. The molecular weight excluding hydrogens is 248 g/mol. The minimum atomic E-state index is -0.491. The van der Waals surface area contributed by atoms with Crippen LogP contribution in [0.15, 0.2) is 30.3 Å². The highest BCUT2D eigenvalue weighted by molar-refractivity contribution is 6.32. The van der Waals surface area contributed by atoms with Crippen LogP contribution in [0.3, 0.4) is 0 Å². The normalized spacial score (nSPS) is 13.0. The maximum atomic E-state index is 11.9. The average Bonchev–Trinajstić information content (AvgIpc) is 2.28. The molecule has 0 atom stereocenters. The Morgan fingerprint density at radius 1 is 1.28 bits per heavy atom. The van der Waals surface area contributed by atoms with Crippen molar-refractivity contribution >= 4 is 28.7 Å². The monoisotopic (exact) mass is 262 g/mol. The summed E-state index contributed by atoms with van der Waals surface area (Å²) in [5, 5.41) is 13.2. The lowest BCUT2D eigenvalue weighted by atomic mass is 10.1. The van der Waals surface area contributed by atoms with Crippen molar-refractivity contribution < 1.29 is 4.74 Å². The van der Waals surface area contributed by atoms with Crippen molar-refractivity contribution in [3.8, 4) is 0 Å². The molecule has 3 nitrogen and oxygen atoms in total. The summed E-state index contributed by atoms with van der Waals surface area (Å²) in [5.41, 5.74) is 0.975. The van der Waals surface area contributed by atoms with Crippen LogP contribution in [-0.2, 0) is 0 Å². The van der Waals surface area contributed by atoms with Gasteiger partial charge in [0, 0.05) is 26.2 Å². The van der Waals surface area contributed by atoms with E-state index in [0.29, 0.717) is 10.7 Å². The SMILES string of the molecule is CC(C)(C)/[N+]([O-])=C/c1cc2ccccc2nc1Cl. The highest BCUT2D eigenvalue weighted by Gasteiger charge is 2.19. The van der Waals surface area contributed by atoms with E-state index in [1.807, 2.05) is 51.1 Å². The molecule has 0 saturated heterocycles. The van der Waals surface area contributed by atoms with Crippen LogP contribution < -0.4 is 0 Å². The predicted octanol–water partition coefficient (Wildman–Crippen LogP) is 3.62. The van der Waals surface area contributed by atoms with Gasteiger partial charge in [-0.25, -0.2) is 9.72 Å². The highest BCUT2D eigenvalue weighted by Crippen LogP contribution is 2.19. The summed E-state index contributed by atoms with van der Waals surface area (Å²) in [6, 6.07) is 9.55. The lowest BCUT2D eigenvalue weighted by molar-refractivity contribution is -0.530. The smallest absolute Gasteiger partial charge is 0.185 e. The van der Waals surface area contributed by atoms with Gasteiger partial charge >= 0.3 is 0 Å². The van der Waals surface area contributed by atoms with Crippen molar-refractivity contribution in [2.45, 2.75) is 26.3 Å². The molecule has 94 valence electrons. The first-order valence-electron chi connectivity index (χ1n) is 5.74. The zero-order valence-corrected chi connectivity index (χ0v) is 11.4. The second-order valence-electron chi connectivity index (χ2n) is 5.19. The zero-order chi connectivity index (χ0) is 13.3. The summed E-state index contributed by atoms with van der Waals surface area (Å²) in [7, 11) is 0. The van der Waals surface area contributed by atoms with Gasteiger partial charge in [0.05, 0.1) is 11.1 Å². The van der Waals surface area contributed by atoms with Gasteiger partial charge in [0.15, 0.2) is 11.8 Å². The molecule has 2 rings (SSSR count). The van der Waals surface area contributed by atoms with E-state index in [0.717, 1.165) is 15.6 Å². The Hall–Kier alpha value is -1.61. The number of pyridine rings is 1. The number of para-hydroxylation sites is 1. The standard InChI is InChI=1S/C14H15ClN2O/c1-14(2,3)17(18)9-11-8-10-6-4-5-7-12(10)16-13(11)15/h4-9H,1-3H3/b17-9-. The van der Waals surface area contributed by atoms with Gasteiger partial charge in [0.1, 0.15) is 5.15 Å². The fourth-order valence-electron chi connectivity index (χ4n) is 1.52. The molecule has 0 saturated carbocycles. The van der Waals surface area contributed by atoms with E-state index in [2.05, 4.69) is 4.98 Å². The number of fused-ring (bicyclic) bond motifs is 1. The van der Waals surface area contributed by atoms with Gasteiger partial charge in [-0.3, -0.25) is 0 Å². The van der Waals surface area contributed by atoms with Crippen LogP contribution in [0.4, 0.5) is 0 Å². The molecule has 1 heterocycles. The Balaban J connectivity index is 2.55. The molecular formula is C14H15ClN2O. The van der Waals surface area contributed by atoms with Gasteiger partial charge < -0.3 is 5.21 Å². The third kappa shape index (κ3) is 2.62. The molecule has 18 heavy (non-hydrogen) atoms. The molecule has 0 bridgehead atoms. The molecule has 4 heteroatoms. The fraction of sp³-hybridized carbons (Fsp3) is 0.286. The van der Waals surface area contributed by atoms with E-state index in [-0.39, 0.29) is 0 Å². The number of aromatic nitrogens is 1. The predicted molar refractivity (Wildman–Crippen MR) is 75.3 cm³/mol. The second kappa shape index (κ2) is 4.58. The number of halogens is 1. The van der Waals surface area contributed by atoms with Gasteiger partial charge in [-0.05, 0) is 12.1 Å². The number of hydroxylamine groups is 1. The van der Waals surface area contributed by atoms with Gasteiger partial charge in [0.25, 0.3) is 0 Å². The van der Waals surface area contributed by atoms with E-state index in [1.165, 1.54) is 6.21 Å². The molecule has 0 aliphatic carbocycles. The number of rotatable bonds is 1. The first-order chi connectivity index (χ1) is 8.38. The van der Waals surface area contributed by atoms with Crippen molar-refractivity contribution in [2.24, 2.45) is 0 Å². The van der Waals surface area contributed by atoms with Crippen LogP contribution in [0.1, 0.15) is 26.3 Å². The Kier molecular flexibility index (Phi) is 3.26. The topological polar surface area (TPSA) is 39.0 Å². The molecule has 0 radical (unpaired) electrons. The summed E-state index contributed by atoms with van der Waals surface area (Å²) < 4.78 is 0.894. The largest absolute Gasteiger partial charge is 0.623 e. The summed E-state index contributed by atoms with van der Waals surface area (Å²) in [4.78, 5) is 4.28. The third-order valence-corrected chi connectivity index (χ3v) is 2.92. The van der Waals surface area contributed by atoms with Crippen LogP contribution in [0.2, 0.25) is 5.15 Å². The van der Waals surface area contributed by atoms with Crippen LogP contribution >= 0.6 is 11.6 Å². The fourth-order valence-corrected chi connectivity index (χ4v) is 1.71. The lowest BCUT2D eigenvalue weighted by Gasteiger charge is -2.18. The van der Waals surface area contributed by atoms with Crippen molar-refractivity contribution in [3.05, 3.63) is 46.3 Å². The van der Waals surface area contributed by atoms with E-state index in [9.17, 15) is 5.21 Å². The summed E-state index contributed by atoms with van der Waals surface area (Å²) >= 11 is 6.09. The molecule has 0 N–H and O–H groups in total. The van der Waals surface area contributed by atoms with Crippen molar-refractivity contribution in [1.82, 2.24) is 4.98 Å². The number of benzene rings is 1. The van der Waals surface area contributed by atoms with Crippen LogP contribution in [0.25, 0.3) is 10.9 Å². The lowest BCUT2D eigenvalue weighted by Crippen LogP contribution is -2.29. The van der Waals surface area contributed by atoms with Crippen LogP contribution in [-0.4, -0.2) is 21.5 Å². The maximum absolute atomic E-state index is 11.9. The van der Waals surface area contributed by atoms with Gasteiger partial charge in [-0.1, -0.05) is 29.8 Å². The molecule has 0 fully saturated rings. The van der Waals surface area contributed by atoms with E-state index in [1.54, 1.807) is 0 Å². The molecule has 0 spiro atoms. The summed E-state index contributed by atoms with van der Waals surface area (Å²) in [5.74, 6) is 0. The number of hydrogen-bond acceptors (Lipinski definition) is 2. The molecule has 2 aromatic rings. The molecule has 0 unspecified atom stereocenters. The first kappa shape index (κ1) is 12.8. The Labute approximate surface area is 111 Å². The molecule has 0 aliphatic heterocycles. The summed E-state index contributed by atoms with van der Waals surface area (Å²) in [6.45, 7) is 5.54.